The van der Waals surface area contributed by atoms with Crippen LogP contribution in [-0.2, 0) is 24.3 Å². The Hall–Kier alpha value is -1.93. The molecule has 1 N–H and O–H groups in total. The second kappa shape index (κ2) is 6.76. The SMILES string of the molecule is CC(C)(C)OC(=O)N1CCc2c(c(CO)nn2-c2ccc(Br)nc2)C1. The number of amides is 1. The summed E-state index contributed by atoms with van der Waals surface area (Å²) in [6.07, 6.45) is 2.01. The van der Waals surface area contributed by atoms with Crippen LogP contribution in [-0.4, -0.2) is 43.0 Å². The average molecular weight is 409 g/mol. The third-order valence-corrected chi connectivity index (χ3v) is 4.37. The molecule has 0 atom stereocenters. The summed E-state index contributed by atoms with van der Waals surface area (Å²) in [7, 11) is 0. The van der Waals surface area contributed by atoms with Gasteiger partial charge in [-0.25, -0.2) is 14.5 Å². The van der Waals surface area contributed by atoms with Gasteiger partial charge in [-0.1, -0.05) is 0 Å². The summed E-state index contributed by atoms with van der Waals surface area (Å²) in [6.45, 7) is 6.28. The maximum Gasteiger partial charge on any atom is 0.410 e. The van der Waals surface area contributed by atoms with E-state index in [2.05, 4.69) is 26.0 Å². The first-order valence-electron chi connectivity index (χ1n) is 8.09. The Balaban J connectivity index is 1.90. The largest absolute Gasteiger partial charge is 0.444 e. The van der Waals surface area contributed by atoms with E-state index in [9.17, 15) is 9.90 Å². The Morgan fingerprint density at radius 1 is 1.40 bits per heavy atom. The normalized spacial score (nSPS) is 14.4. The molecule has 7 nitrogen and oxygen atoms in total. The number of halogens is 1. The summed E-state index contributed by atoms with van der Waals surface area (Å²) in [5, 5.41) is 14.2. The zero-order chi connectivity index (χ0) is 18.2. The number of hydrogen-bond acceptors (Lipinski definition) is 5. The van der Waals surface area contributed by atoms with E-state index in [1.165, 1.54) is 0 Å². The van der Waals surface area contributed by atoms with E-state index in [-0.39, 0.29) is 12.7 Å². The Morgan fingerprint density at radius 2 is 2.16 bits per heavy atom. The molecule has 134 valence electrons. The minimum absolute atomic E-state index is 0.179. The number of ether oxygens (including phenoxy) is 1. The highest BCUT2D eigenvalue weighted by atomic mass is 79.9. The standard InChI is InChI=1S/C17H21BrN4O3/c1-17(2,3)25-16(24)21-7-6-14-12(9-21)13(10-23)20-22(14)11-4-5-15(18)19-8-11/h4-5,8,23H,6-7,9-10H2,1-3H3. The molecular formula is C17H21BrN4O3. The lowest BCUT2D eigenvalue weighted by Crippen LogP contribution is -2.40. The van der Waals surface area contributed by atoms with Gasteiger partial charge >= 0.3 is 6.09 Å². The van der Waals surface area contributed by atoms with Crippen LogP contribution in [0.25, 0.3) is 5.69 Å². The predicted molar refractivity (Wildman–Crippen MR) is 95.3 cm³/mol. The van der Waals surface area contributed by atoms with Crippen molar-refractivity contribution < 1.29 is 14.6 Å². The number of carbonyl (C=O) groups excluding carboxylic acids is 1. The lowest BCUT2D eigenvalue weighted by atomic mass is 10.1. The molecule has 0 radical (unpaired) electrons. The van der Waals surface area contributed by atoms with E-state index < -0.39 is 5.60 Å². The van der Waals surface area contributed by atoms with Gasteiger partial charge in [0.25, 0.3) is 0 Å². The number of carbonyl (C=O) groups is 1. The van der Waals surface area contributed by atoms with Crippen LogP contribution < -0.4 is 0 Å². The Bertz CT molecular complexity index is 780. The molecule has 2 aromatic rings. The van der Waals surface area contributed by atoms with Crippen LogP contribution in [0.1, 0.15) is 37.7 Å². The predicted octanol–water partition coefficient (Wildman–Crippen LogP) is 2.82. The molecular weight excluding hydrogens is 388 g/mol. The number of nitrogens with zero attached hydrogens (tertiary/aromatic N) is 4. The monoisotopic (exact) mass is 408 g/mol. The van der Waals surface area contributed by atoms with Gasteiger partial charge < -0.3 is 14.7 Å². The Kier molecular flexibility index (Phi) is 4.83. The molecule has 1 aliphatic rings. The fraction of sp³-hybridized carbons (Fsp3) is 0.471. The number of pyridine rings is 1. The lowest BCUT2D eigenvalue weighted by molar-refractivity contribution is 0.0222. The van der Waals surface area contributed by atoms with Crippen molar-refractivity contribution in [1.82, 2.24) is 19.7 Å². The van der Waals surface area contributed by atoms with Crippen molar-refractivity contribution in [2.24, 2.45) is 0 Å². The number of aliphatic hydroxyl groups excluding tert-OH is 1. The summed E-state index contributed by atoms with van der Waals surface area (Å²) < 4.78 is 8.00. The fourth-order valence-corrected chi connectivity index (χ4v) is 3.04. The van der Waals surface area contributed by atoms with Gasteiger partial charge in [0.15, 0.2) is 0 Å². The van der Waals surface area contributed by atoms with E-state index in [0.29, 0.717) is 25.2 Å². The summed E-state index contributed by atoms with van der Waals surface area (Å²) in [5.41, 5.74) is 2.73. The highest BCUT2D eigenvalue weighted by molar-refractivity contribution is 9.10. The van der Waals surface area contributed by atoms with Crippen molar-refractivity contribution in [3.05, 3.63) is 39.9 Å². The zero-order valence-electron chi connectivity index (χ0n) is 14.5. The van der Waals surface area contributed by atoms with Crippen molar-refractivity contribution in [1.29, 1.82) is 0 Å². The van der Waals surface area contributed by atoms with Crippen LogP contribution in [0.3, 0.4) is 0 Å². The quantitative estimate of drug-likeness (QED) is 0.772. The van der Waals surface area contributed by atoms with E-state index in [4.69, 9.17) is 4.74 Å². The maximum absolute atomic E-state index is 12.3. The number of fused-ring (bicyclic) bond motifs is 1. The van der Waals surface area contributed by atoms with Gasteiger partial charge in [0.2, 0.25) is 0 Å². The Morgan fingerprint density at radius 3 is 2.76 bits per heavy atom. The third-order valence-electron chi connectivity index (χ3n) is 3.90. The van der Waals surface area contributed by atoms with Gasteiger partial charge in [-0.15, -0.1) is 0 Å². The zero-order valence-corrected chi connectivity index (χ0v) is 16.1. The highest BCUT2D eigenvalue weighted by Crippen LogP contribution is 2.26. The summed E-state index contributed by atoms with van der Waals surface area (Å²) in [6, 6.07) is 3.75. The molecule has 0 bridgehead atoms. The molecule has 1 aliphatic heterocycles. The minimum Gasteiger partial charge on any atom is -0.444 e. The van der Waals surface area contributed by atoms with Gasteiger partial charge in [0.05, 0.1) is 36.4 Å². The topological polar surface area (TPSA) is 80.5 Å². The lowest BCUT2D eigenvalue weighted by Gasteiger charge is -2.30. The first kappa shape index (κ1) is 17.9. The molecule has 0 fully saturated rings. The van der Waals surface area contributed by atoms with Gasteiger partial charge in [0.1, 0.15) is 10.2 Å². The van der Waals surface area contributed by atoms with Gasteiger partial charge in [-0.2, -0.15) is 5.10 Å². The minimum atomic E-state index is -0.537. The first-order valence-corrected chi connectivity index (χ1v) is 8.88. The van der Waals surface area contributed by atoms with Crippen LogP contribution in [0.5, 0.6) is 0 Å². The first-order chi connectivity index (χ1) is 11.8. The molecule has 0 aliphatic carbocycles. The van der Waals surface area contributed by atoms with Crippen molar-refractivity contribution in [2.75, 3.05) is 6.54 Å². The molecule has 1 amide bonds. The molecule has 0 saturated heterocycles. The van der Waals surface area contributed by atoms with Gasteiger partial charge in [-0.05, 0) is 48.8 Å². The molecule has 0 spiro atoms. The summed E-state index contributed by atoms with van der Waals surface area (Å²) in [5.74, 6) is 0. The van der Waals surface area contributed by atoms with Gasteiger partial charge in [0, 0.05) is 18.5 Å². The van der Waals surface area contributed by atoms with E-state index in [1.807, 2.05) is 32.9 Å². The number of aromatic nitrogens is 3. The highest BCUT2D eigenvalue weighted by Gasteiger charge is 2.30. The van der Waals surface area contributed by atoms with E-state index in [1.54, 1.807) is 15.8 Å². The smallest absolute Gasteiger partial charge is 0.410 e. The van der Waals surface area contributed by atoms with Crippen LogP contribution >= 0.6 is 15.9 Å². The summed E-state index contributed by atoms with van der Waals surface area (Å²) in [4.78, 5) is 18.2. The number of aliphatic hydroxyl groups is 1. The molecule has 0 aromatic carbocycles. The summed E-state index contributed by atoms with van der Waals surface area (Å²) >= 11 is 3.32. The molecule has 25 heavy (non-hydrogen) atoms. The molecule has 2 aromatic heterocycles. The van der Waals surface area contributed by atoms with Crippen molar-refractivity contribution in [3.63, 3.8) is 0 Å². The second-order valence-corrected chi connectivity index (χ2v) is 7.75. The van der Waals surface area contributed by atoms with Crippen LogP contribution in [0.2, 0.25) is 0 Å². The van der Waals surface area contributed by atoms with Crippen molar-refractivity contribution in [2.45, 2.75) is 45.9 Å². The van der Waals surface area contributed by atoms with Crippen molar-refractivity contribution >= 4 is 22.0 Å². The molecule has 3 rings (SSSR count). The van der Waals surface area contributed by atoms with Crippen LogP contribution in [0, 0.1) is 0 Å². The Labute approximate surface area is 154 Å². The van der Waals surface area contributed by atoms with E-state index >= 15 is 0 Å². The van der Waals surface area contributed by atoms with Crippen molar-refractivity contribution in [3.8, 4) is 5.69 Å². The maximum atomic E-state index is 12.3. The van der Waals surface area contributed by atoms with E-state index in [0.717, 1.165) is 21.5 Å². The fourth-order valence-electron chi connectivity index (χ4n) is 2.80. The third kappa shape index (κ3) is 3.85. The molecule has 3 heterocycles. The second-order valence-electron chi connectivity index (χ2n) is 6.93. The molecule has 0 unspecified atom stereocenters. The van der Waals surface area contributed by atoms with Gasteiger partial charge in [-0.3, -0.25) is 0 Å². The molecule has 0 saturated carbocycles. The van der Waals surface area contributed by atoms with Crippen LogP contribution in [0.15, 0.2) is 22.9 Å². The molecule has 8 heteroatoms. The van der Waals surface area contributed by atoms with Crippen LogP contribution in [0.4, 0.5) is 4.79 Å². The average Bonchev–Trinajstić information content (AvgIpc) is 2.92. The number of hydrogen-bond donors (Lipinski definition) is 1. The number of rotatable bonds is 2.